The first-order valence-corrected chi connectivity index (χ1v) is 17.9. The number of nitrogens with zero attached hydrogens (tertiary/aromatic N) is 5. The molecule has 0 unspecified atom stereocenters. The average Bonchev–Trinajstić information content (AvgIpc) is 3.88. The van der Waals surface area contributed by atoms with Gasteiger partial charge >= 0.3 is 21.1 Å². The van der Waals surface area contributed by atoms with Crippen LogP contribution in [0.5, 0.6) is 0 Å². The van der Waals surface area contributed by atoms with Crippen LogP contribution < -0.4 is 4.98 Å². The second-order valence-electron chi connectivity index (χ2n) is 15.1. The fraction of sp³-hybridized carbons (Fsp3) is 0.217. The van der Waals surface area contributed by atoms with E-state index in [9.17, 15) is 0 Å². The minimum atomic E-state index is 0. The number of fused-ring (bicyclic) bond motifs is 3. The van der Waals surface area contributed by atoms with Crippen LogP contribution in [0, 0.1) is 6.07 Å². The second kappa shape index (κ2) is 13.9. The van der Waals surface area contributed by atoms with Crippen LogP contribution in [0.15, 0.2) is 122 Å². The Hall–Kier alpha value is -4.99. The van der Waals surface area contributed by atoms with Crippen molar-refractivity contribution in [3.8, 4) is 45.4 Å². The minimum absolute atomic E-state index is 0. The summed E-state index contributed by atoms with van der Waals surface area (Å²) in [7, 11) is 0. The van der Waals surface area contributed by atoms with Crippen LogP contribution >= 0.6 is 0 Å². The van der Waals surface area contributed by atoms with Crippen LogP contribution in [-0.4, -0.2) is 19.1 Å². The monoisotopic (exact) mass is 860 g/mol. The zero-order valence-electron chi connectivity index (χ0n) is 30.8. The molecule has 8 rings (SSSR count). The van der Waals surface area contributed by atoms with Gasteiger partial charge in [-0.05, 0) is 63.0 Å². The van der Waals surface area contributed by atoms with Crippen LogP contribution in [0.25, 0.3) is 67.2 Å². The third-order valence-electron chi connectivity index (χ3n) is 10.0. The Balaban J connectivity index is 0.00000420. The summed E-state index contributed by atoms with van der Waals surface area (Å²) in [5.74, 6) is 2.48. The molecule has 4 aromatic heterocycles. The third kappa shape index (κ3) is 6.15. The summed E-state index contributed by atoms with van der Waals surface area (Å²) in [5, 5.41) is 2.34. The number of pyridine rings is 1. The van der Waals surface area contributed by atoms with Crippen molar-refractivity contribution in [2.24, 2.45) is 0 Å². The largest absolute Gasteiger partial charge is 2.00 e. The van der Waals surface area contributed by atoms with Crippen molar-refractivity contribution in [3.05, 3.63) is 144 Å². The molecule has 5 nitrogen and oxygen atoms in total. The van der Waals surface area contributed by atoms with E-state index in [1.807, 2.05) is 12.4 Å². The zero-order chi connectivity index (χ0) is 35.4. The molecule has 0 aliphatic heterocycles. The number of benzene rings is 4. The van der Waals surface area contributed by atoms with E-state index in [1.54, 1.807) is 0 Å². The number of aromatic nitrogens is 5. The van der Waals surface area contributed by atoms with Crippen LogP contribution in [0.4, 0.5) is 0 Å². The summed E-state index contributed by atoms with van der Waals surface area (Å²) in [6, 6.07) is 40.5. The van der Waals surface area contributed by atoms with Gasteiger partial charge in [-0.3, -0.25) is 0 Å². The molecular formula is C46H43N5Pt. The van der Waals surface area contributed by atoms with Crippen molar-refractivity contribution < 1.29 is 21.1 Å². The Morgan fingerprint density at radius 1 is 0.673 bits per heavy atom. The number of rotatable bonds is 7. The van der Waals surface area contributed by atoms with Crippen molar-refractivity contribution in [2.45, 2.75) is 65.7 Å². The van der Waals surface area contributed by atoms with Crippen molar-refractivity contribution in [1.82, 2.24) is 24.1 Å². The smallest absolute Gasteiger partial charge is 0.655 e. The van der Waals surface area contributed by atoms with Gasteiger partial charge in [-0.1, -0.05) is 143 Å². The Morgan fingerprint density at radius 2 is 1.37 bits per heavy atom. The molecule has 0 aliphatic carbocycles. The fourth-order valence-electron chi connectivity index (χ4n) is 7.34. The minimum Gasteiger partial charge on any atom is -0.655 e. The maximum absolute atomic E-state index is 5.23. The maximum Gasteiger partial charge on any atom is 2.00 e. The van der Waals surface area contributed by atoms with Gasteiger partial charge in [0.05, 0.1) is 5.69 Å². The Bertz CT molecular complexity index is 2510. The molecule has 0 saturated heterocycles. The second-order valence-corrected chi connectivity index (χ2v) is 15.1. The molecule has 0 amide bonds. The summed E-state index contributed by atoms with van der Waals surface area (Å²) in [6.45, 7) is 15.7. The standard InChI is InChI=1S/C46H43N5.Pt/c1-29(2)33-16-12-17-34(30(3)4)44(33)50-26-25-48-45(50)40-22-21-39(49-40)36-14-9-8-13-35(36)31-19-20-38-37-15-10-11-18-41(37)51(42(38)27-31)43-28-32(23-24-47-43)46(5,6)7;/h8-26,28-30H,1-7H3;/q-2;+2. The van der Waals surface area contributed by atoms with Gasteiger partial charge in [0.25, 0.3) is 0 Å². The molecule has 0 fully saturated rings. The summed E-state index contributed by atoms with van der Waals surface area (Å²) >= 11 is 0. The van der Waals surface area contributed by atoms with E-state index < -0.39 is 0 Å². The molecule has 0 saturated carbocycles. The van der Waals surface area contributed by atoms with E-state index in [-0.39, 0.29) is 26.5 Å². The predicted octanol–water partition coefficient (Wildman–Crippen LogP) is 11.7. The van der Waals surface area contributed by atoms with Crippen molar-refractivity contribution in [1.29, 1.82) is 0 Å². The van der Waals surface area contributed by atoms with Gasteiger partial charge in [0.1, 0.15) is 11.6 Å². The molecule has 4 heterocycles. The van der Waals surface area contributed by atoms with Crippen LogP contribution in [0.3, 0.4) is 0 Å². The van der Waals surface area contributed by atoms with E-state index >= 15 is 0 Å². The normalized spacial score (nSPS) is 11.9. The molecule has 0 aliphatic rings. The predicted molar refractivity (Wildman–Crippen MR) is 211 cm³/mol. The zero-order valence-corrected chi connectivity index (χ0v) is 33.0. The van der Waals surface area contributed by atoms with Crippen LogP contribution in [0.1, 0.15) is 77.0 Å². The molecule has 0 radical (unpaired) electrons. The van der Waals surface area contributed by atoms with E-state index in [4.69, 9.17) is 15.0 Å². The van der Waals surface area contributed by atoms with Gasteiger partial charge in [-0.2, -0.15) is 0 Å². The van der Waals surface area contributed by atoms with Gasteiger partial charge in [0, 0.05) is 24.1 Å². The van der Waals surface area contributed by atoms with Gasteiger partial charge < -0.3 is 14.1 Å². The quantitative estimate of drug-likeness (QED) is 0.150. The molecule has 0 N–H and O–H groups in total. The average molecular weight is 861 g/mol. The van der Waals surface area contributed by atoms with Gasteiger partial charge in [0.15, 0.2) is 0 Å². The van der Waals surface area contributed by atoms with E-state index in [2.05, 4.69) is 173 Å². The molecule has 52 heavy (non-hydrogen) atoms. The number of para-hydroxylation sites is 2. The van der Waals surface area contributed by atoms with Gasteiger partial charge in [-0.25, -0.2) is 9.97 Å². The fourth-order valence-corrected chi connectivity index (χ4v) is 7.34. The van der Waals surface area contributed by atoms with Gasteiger partial charge in [-0.15, -0.1) is 29.5 Å². The SMILES string of the molecule is CC(C)c1cccc(C(C)C)c1-n1ccnc1-c1ccc(-c2ccccc2-c2[c-]c3c(cc2)c2ccccc2n3-c2cc(C(C)(C)C)ccn2)[n-]1.[Pt+2]. The molecule has 0 bridgehead atoms. The van der Waals surface area contributed by atoms with Gasteiger partial charge in [0.2, 0.25) is 0 Å². The number of hydrogen-bond acceptors (Lipinski definition) is 2. The van der Waals surface area contributed by atoms with Crippen LogP contribution in [0.2, 0.25) is 0 Å². The molecule has 262 valence electrons. The molecule has 0 spiro atoms. The van der Waals surface area contributed by atoms with Crippen molar-refractivity contribution in [3.63, 3.8) is 0 Å². The van der Waals surface area contributed by atoms with Crippen molar-refractivity contribution >= 4 is 21.8 Å². The van der Waals surface area contributed by atoms with Crippen LogP contribution in [-0.2, 0) is 26.5 Å². The molecule has 8 aromatic rings. The topological polar surface area (TPSA) is 49.7 Å². The Labute approximate surface area is 321 Å². The summed E-state index contributed by atoms with van der Waals surface area (Å²) in [6.07, 6.45) is 5.87. The maximum atomic E-state index is 5.23. The van der Waals surface area contributed by atoms with Crippen molar-refractivity contribution in [2.75, 3.05) is 0 Å². The molecule has 0 atom stereocenters. The third-order valence-corrected chi connectivity index (χ3v) is 10.0. The van der Waals surface area contributed by atoms with E-state index in [0.29, 0.717) is 11.8 Å². The van der Waals surface area contributed by atoms with E-state index in [0.717, 1.165) is 56.1 Å². The summed E-state index contributed by atoms with van der Waals surface area (Å²) < 4.78 is 4.48. The molecular weight excluding hydrogens is 818 g/mol. The summed E-state index contributed by atoms with van der Waals surface area (Å²) in [4.78, 5) is 15.0. The number of imidazole rings is 1. The Kier molecular flexibility index (Phi) is 9.44. The first kappa shape index (κ1) is 35.4. The summed E-state index contributed by atoms with van der Waals surface area (Å²) in [5.41, 5.74) is 12.1. The first-order valence-electron chi connectivity index (χ1n) is 17.9. The molecule has 4 aromatic carbocycles. The number of hydrogen-bond donors (Lipinski definition) is 0. The Morgan fingerprint density at radius 3 is 2.10 bits per heavy atom. The first-order chi connectivity index (χ1) is 24.6. The van der Waals surface area contributed by atoms with E-state index in [1.165, 1.54) is 27.8 Å². The molecule has 6 heteroatoms.